The summed E-state index contributed by atoms with van der Waals surface area (Å²) in [6.45, 7) is 6.31. The molecule has 0 fully saturated rings. The second-order valence-electron chi connectivity index (χ2n) is 9.34. The Morgan fingerprint density at radius 2 is 1.97 bits per heavy atom. The van der Waals surface area contributed by atoms with Gasteiger partial charge in [0.25, 0.3) is 5.91 Å². The van der Waals surface area contributed by atoms with Gasteiger partial charge in [-0.2, -0.15) is 0 Å². The summed E-state index contributed by atoms with van der Waals surface area (Å²) in [5.41, 5.74) is 5.04. The minimum atomic E-state index is -0.172. The number of thiazole rings is 1. The number of aromatic nitrogens is 1. The molecule has 2 heterocycles. The van der Waals surface area contributed by atoms with Crippen LogP contribution in [0.3, 0.4) is 0 Å². The maximum atomic E-state index is 12.8. The van der Waals surface area contributed by atoms with Gasteiger partial charge in [-0.3, -0.25) is 9.59 Å². The number of carbonyl (C=O) groups is 2. The number of benzene rings is 2. The molecule has 0 saturated heterocycles. The van der Waals surface area contributed by atoms with Gasteiger partial charge in [-0.1, -0.05) is 42.8 Å². The molecule has 1 aliphatic rings. The molecule has 0 spiro atoms. The van der Waals surface area contributed by atoms with E-state index in [0.29, 0.717) is 25.2 Å². The van der Waals surface area contributed by atoms with Crippen LogP contribution in [-0.4, -0.2) is 60.3 Å². The number of amides is 2. The van der Waals surface area contributed by atoms with Gasteiger partial charge >= 0.3 is 0 Å². The van der Waals surface area contributed by atoms with Crippen LogP contribution in [0.15, 0.2) is 47.8 Å². The summed E-state index contributed by atoms with van der Waals surface area (Å²) in [6, 6.07) is 14.4. The summed E-state index contributed by atoms with van der Waals surface area (Å²) in [6.07, 6.45) is 1.30. The number of hydrogen-bond acceptors (Lipinski definition) is 6. The van der Waals surface area contributed by atoms with Crippen LogP contribution < -0.4 is 10.1 Å². The fourth-order valence-electron chi connectivity index (χ4n) is 4.37. The molecule has 2 aromatic carbocycles. The first-order chi connectivity index (χ1) is 17.4. The molecule has 1 aromatic heterocycles. The Labute approximate surface area is 217 Å². The van der Waals surface area contributed by atoms with E-state index in [9.17, 15) is 9.59 Å². The van der Waals surface area contributed by atoms with Crippen LogP contribution in [0, 0.1) is 6.92 Å². The first kappa shape index (κ1) is 25.9. The Morgan fingerprint density at radius 3 is 2.69 bits per heavy atom. The van der Waals surface area contributed by atoms with Crippen molar-refractivity contribution in [2.45, 2.75) is 39.3 Å². The predicted octanol–water partition coefficient (Wildman–Crippen LogP) is 4.21. The van der Waals surface area contributed by atoms with E-state index >= 15 is 0 Å². The standard InChI is InChI=1S/C28H34N4O3S/c1-5-26(33)32-14-12-20-10-11-22(16-23(20)27(32)21-8-6-19(2)7-9-21)35-17-25-30-24(18-36-25)28(34)29-13-15-31(3)4/h6-11,16,18,27H,5,12-15,17H2,1-4H3,(H,29,34). The van der Waals surface area contributed by atoms with Gasteiger partial charge in [0, 0.05) is 31.4 Å². The van der Waals surface area contributed by atoms with Crippen molar-refractivity contribution in [2.24, 2.45) is 0 Å². The molecule has 1 atom stereocenters. The molecule has 0 aliphatic carbocycles. The van der Waals surface area contributed by atoms with Gasteiger partial charge < -0.3 is 19.9 Å². The third-order valence-electron chi connectivity index (χ3n) is 6.35. The Morgan fingerprint density at radius 1 is 1.19 bits per heavy atom. The molecule has 0 radical (unpaired) electrons. The third-order valence-corrected chi connectivity index (χ3v) is 7.18. The van der Waals surface area contributed by atoms with Crippen molar-refractivity contribution in [3.63, 3.8) is 0 Å². The fourth-order valence-corrected chi connectivity index (χ4v) is 5.06. The highest BCUT2D eigenvalue weighted by atomic mass is 32.1. The lowest BCUT2D eigenvalue weighted by molar-refractivity contribution is -0.132. The third kappa shape index (κ3) is 6.12. The van der Waals surface area contributed by atoms with Crippen molar-refractivity contribution < 1.29 is 14.3 Å². The lowest BCUT2D eigenvalue weighted by atomic mass is 9.87. The normalized spacial score (nSPS) is 15.0. The lowest BCUT2D eigenvalue weighted by Crippen LogP contribution is -2.40. The minimum absolute atomic E-state index is 0.136. The quantitative estimate of drug-likeness (QED) is 0.471. The number of rotatable bonds is 9. The molecule has 1 aliphatic heterocycles. The topological polar surface area (TPSA) is 74.8 Å². The Bertz CT molecular complexity index is 1210. The summed E-state index contributed by atoms with van der Waals surface area (Å²) in [5, 5.41) is 5.39. The van der Waals surface area contributed by atoms with Crippen LogP contribution in [0.1, 0.15) is 57.1 Å². The van der Waals surface area contributed by atoms with Crippen LogP contribution >= 0.6 is 11.3 Å². The molecule has 8 heteroatoms. The van der Waals surface area contributed by atoms with E-state index in [1.807, 2.05) is 36.9 Å². The predicted molar refractivity (Wildman–Crippen MR) is 143 cm³/mol. The van der Waals surface area contributed by atoms with Crippen LogP contribution in [0.2, 0.25) is 0 Å². The van der Waals surface area contributed by atoms with Gasteiger partial charge in [0.2, 0.25) is 5.91 Å². The summed E-state index contributed by atoms with van der Waals surface area (Å²) in [5.74, 6) is 0.704. The van der Waals surface area contributed by atoms with Gasteiger partial charge in [-0.25, -0.2) is 4.98 Å². The van der Waals surface area contributed by atoms with E-state index in [0.717, 1.165) is 34.8 Å². The zero-order chi connectivity index (χ0) is 25.7. The fraction of sp³-hybridized carbons (Fsp3) is 0.393. The van der Waals surface area contributed by atoms with Crippen LogP contribution in [0.5, 0.6) is 5.75 Å². The summed E-state index contributed by atoms with van der Waals surface area (Å²) < 4.78 is 6.10. The SMILES string of the molecule is CCC(=O)N1CCc2ccc(OCc3nc(C(=O)NCCN(C)C)cs3)cc2C1c1ccc(C)cc1. The van der Waals surface area contributed by atoms with E-state index < -0.39 is 0 Å². The average Bonchev–Trinajstić information content (AvgIpc) is 3.36. The summed E-state index contributed by atoms with van der Waals surface area (Å²) in [7, 11) is 3.93. The van der Waals surface area contributed by atoms with Crippen molar-refractivity contribution in [3.05, 3.63) is 80.8 Å². The summed E-state index contributed by atoms with van der Waals surface area (Å²) in [4.78, 5) is 33.6. The van der Waals surface area contributed by atoms with Crippen molar-refractivity contribution >= 4 is 23.2 Å². The number of likely N-dealkylation sites (N-methyl/N-ethyl adjacent to an activating group) is 1. The molecule has 3 aromatic rings. The molecular weight excluding hydrogens is 472 g/mol. The number of nitrogens with one attached hydrogen (secondary N) is 1. The van der Waals surface area contributed by atoms with E-state index in [-0.39, 0.29) is 24.5 Å². The number of ether oxygens (including phenoxy) is 1. The Balaban J connectivity index is 1.50. The van der Waals surface area contributed by atoms with Crippen molar-refractivity contribution in [1.29, 1.82) is 0 Å². The van der Waals surface area contributed by atoms with Crippen molar-refractivity contribution in [2.75, 3.05) is 33.7 Å². The highest BCUT2D eigenvalue weighted by Gasteiger charge is 2.31. The number of hydrogen-bond donors (Lipinski definition) is 1. The molecule has 36 heavy (non-hydrogen) atoms. The van der Waals surface area contributed by atoms with Gasteiger partial charge in [-0.05, 0) is 56.3 Å². The number of nitrogens with zero attached hydrogens (tertiary/aromatic N) is 3. The van der Waals surface area contributed by atoms with E-state index in [2.05, 4.69) is 53.6 Å². The zero-order valence-corrected chi connectivity index (χ0v) is 22.2. The first-order valence-corrected chi connectivity index (χ1v) is 13.2. The largest absolute Gasteiger partial charge is 0.486 e. The van der Waals surface area contributed by atoms with Gasteiger partial charge in [-0.15, -0.1) is 11.3 Å². The Kier molecular flexibility index (Phi) is 8.38. The van der Waals surface area contributed by atoms with Gasteiger partial charge in [0.05, 0.1) is 6.04 Å². The minimum Gasteiger partial charge on any atom is -0.486 e. The molecule has 2 amide bonds. The molecule has 190 valence electrons. The number of carbonyl (C=O) groups excluding carboxylic acids is 2. The smallest absolute Gasteiger partial charge is 0.270 e. The van der Waals surface area contributed by atoms with Crippen LogP contribution in [-0.2, 0) is 17.8 Å². The molecule has 0 saturated carbocycles. The molecule has 4 rings (SSSR count). The molecular formula is C28H34N4O3S. The van der Waals surface area contributed by atoms with Crippen molar-refractivity contribution in [3.8, 4) is 5.75 Å². The summed E-state index contributed by atoms with van der Waals surface area (Å²) >= 11 is 1.41. The first-order valence-electron chi connectivity index (χ1n) is 12.3. The molecule has 1 unspecified atom stereocenters. The maximum Gasteiger partial charge on any atom is 0.270 e. The van der Waals surface area contributed by atoms with Crippen LogP contribution in [0.4, 0.5) is 0 Å². The Hall–Kier alpha value is -3.23. The van der Waals surface area contributed by atoms with E-state index in [1.54, 1.807) is 5.38 Å². The van der Waals surface area contributed by atoms with E-state index in [1.165, 1.54) is 22.5 Å². The second-order valence-corrected chi connectivity index (χ2v) is 10.3. The molecule has 7 nitrogen and oxygen atoms in total. The van der Waals surface area contributed by atoms with Crippen LogP contribution in [0.25, 0.3) is 0 Å². The van der Waals surface area contributed by atoms with E-state index in [4.69, 9.17) is 4.74 Å². The number of fused-ring (bicyclic) bond motifs is 1. The molecule has 1 N–H and O–H groups in total. The van der Waals surface area contributed by atoms with Gasteiger partial charge in [0.15, 0.2) is 0 Å². The molecule has 0 bridgehead atoms. The zero-order valence-electron chi connectivity index (χ0n) is 21.4. The van der Waals surface area contributed by atoms with Crippen molar-refractivity contribution in [1.82, 2.24) is 20.1 Å². The highest BCUT2D eigenvalue weighted by Crippen LogP contribution is 2.37. The lowest BCUT2D eigenvalue weighted by Gasteiger charge is -2.38. The highest BCUT2D eigenvalue weighted by molar-refractivity contribution is 7.09. The number of aryl methyl sites for hydroxylation is 1. The van der Waals surface area contributed by atoms with Gasteiger partial charge in [0.1, 0.15) is 23.1 Å². The maximum absolute atomic E-state index is 12.8. The monoisotopic (exact) mass is 506 g/mol. The second kappa shape index (κ2) is 11.7. The average molecular weight is 507 g/mol.